The Labute approximate surface area is 152 Å². The lowest BCUT2D eigenvalue weighted by Crippen LogP contribution is -1.85. The Morgan fingerprint density at radius 1 is 0.920 bits per heavy atom. The van der Waals surface area contributed by atoms with Gasteiger partial charge in [0.05, 0.1) is 5.69 Å². The number of hydrogen-bond acceptors (Lipinski definition) is 2. The highest BCUT2D eigenvalue weighted by molar-refractivity contribution is 5.86. The van der Waals surface area contributed by atoms with Crippen LogP contribution < -0.4 is 0 Å². The molecule has 2 heteroatoms. The van der Waals surface area contributed by atoms with E-state index in [1.54, 1.807) is 18.3 Å². The van der Waals surface area contributed by atoms with Gasteiger partial charge < -0.3 is 4.42 Å². The number of nitrogens with zero attached hydrogens (tertiary/aromatic N) is 1. The Hall–Kier alpha value is -2.87. The largest absolute Gasteiger partial charge is 0.456 e. The van der Waals surface area contributed by atoms with Crippen LogP contribution in [0.15, 0.2) is 59.1 Å². The summed E-state index contributed by atoms with van der Waals surface area (Å²) in [6, 6.07) is 15.4. The van der Waals surface area contributed by atoms with Gasteiger partial charge in [0.25, 0.3) is 0 Å². The molecule has 2 nitrogen and oxygen atoms in total. The minimum Gasteiger partial charge on any atom is -0.456 e. The predicted molar refractivity (Wildman–Crippen MR) is 104 cm³/mol. The molecular formula is C23H21NO. The van der Waals surface area contributed by atoms with E-state index in [-0.39, 0.29) is 0 Å². The highest BCUT2D eigenvalue weighted by Crippen LogP contribution is 2.33. The van der Waals surface area contributed by atoms with E-state index >= 15 is 0 Å². The molecule has 0 saturated carbocycles. The average molecular weight is 330 g/mol. The van der Waals surface area contributed by atoms with Crippen LogP contribution in [0, 0.1) is 27.6 Å². The number of rotatable bonds is 2. The summed E-state index contributed by atoms with van der Waals surface area (Å²) in [5, 5.41) is 0.850. The van der Waals surface area contributed by atoms with Crippen LogP contribution in [-0.2, 0) is 0 Å². The Kier molecular flexibility index (Phi) is 2.94. The molecular weight excluding hydrogens is 306 g/mol. The lowest BCUT2D eigenvalue weighted by atomic mass is 10.0. The van der Waals surface area contributed by atoms with Gasteiger partial charge in [0.1, 0.15) is 11.3 Å². The lowest BCUT2D eigenvalue weighted by molar-refractivity contribution is 0.630. The third-order valence-electron chi connectivity index (χ3n) is 4.44. The Bertz CT molecular complexity index is 1170. The normalized spacial score (nSPS) is 13.5. The van der Waals surface area contributed by atoms with Gasteiger partial charge in [-0.2, -0.15) is 0 Å². The van der Waals surface area contributed by atoms with Gasteiger partial charge in [0.15, 0.2) is 0 Å². The predicted octanol–water partition coefficient (Wildman–Crippen LogP) is 6.40. The smallest absolute Gasteiger partial charge is 0.138 e. The molecule has 2 aromatic carbocycles. The van der Waals surface area contributed by atoms with Crippen molar-refractivity contribution >= 4 is 11.0 Å². The van der Waals surface area contributed by atoms with Gasteiger partial charge in [-0.15, -0.1) is 0 Å². The van der Waals surface area contributed by atoms with Crippen LogP contribution in [0.2, 0.25) is 0 Å². The number of furan rings is 1. The molecule has 124 valence electrons. The van der Waals surface area contributed by atoms with Gasteiger partial charge in [-0.05, 0) is 56.9 Å². The molecule has 0 atom stereocenters. The summed E-state index contributed by atoms with van der Waals surface area (Å²) in [5.74, 6) is 0.554. The maximum absolute atomic E-state index is 7.86. The first-order valence-corrected chi connectivity index (χ1v) is 8.31. The molecule has 4 rings (SSSR count). The molecule has 0 N–H and O–H groups in total. The molecule has 0 unspecified atom stereocenters. The van der Waals surface area contributed by atoms with Crippen molar-refractivity contribution in [1.82, 2.24) is 4.98 Å². The van der Waals surface area contributed by atoms with E-state index in [0.29, 0.717) is 22.5 Å². The van der Waals surface area contributed by atoms with Crippen LogP contribution in [0.4, 0.5) is 0 Å². The molecule has 0 radical (unpaired) electrons. The zero-order chi connectivity index (χ0) is 20.1. The highest BCUT2D eigenvalue weighted by Gasteiger charge is 2.12. The molecule has 0 aliphatic heterocycles. The second kappa shape index (κ2) is 5.89. The summed E-state index contributed by atoms with van der Waals surface area (Å²) in [5.41, 5.74) is 6.73. The van der Waals surface area contributed by atoms with E-state index < -0.39 is 6.85 Å². The molecule has 0 bridgehead atoms. The topological polar surface area (TPSA) is 26.0 Å². The fraction of sp³-hybridized carbons (Fsp3) is 0.174. The molecule has 2 aromatic heterocycles. The van der Waals surface area contributed by atoms with Gasteiger partial charge in [0.2, 0.25) is 0 Å². The van der Waals surface area contributed by atoms with Gasteiger partial charge in [-0.1, -0.05) is 35.4 Å². The van der Waals surface area contributed by atoms with Crippen LogP contribution in [-0.4, -0.2) is 4.98 Å². The van der Waals surface area contributed by atoms with Gasteiger partial charge in [0, 0.05) is 32.9 Å². The highest BCUT2D eigenvalue weighted by atomic mass is 16.3. The van der Waals surface area contributed by atoms with Gasteiger partial charge >= 0.3 is 0 Å². The number of aryl methyl sites for hydroxylation is 4. The van der Waals surface area contributed by atoms with Crippen molar-refractivity contribution in [2.45, 2.75) is 27.6 Å². The first kappa shape index (κ1) is 12.5. The molecule has 0 spiro atoms. The summed E-state index contributed by atoms with van der Waals surface area (Å²) in [6.45, 7) is 3.82. The van der Waals surface area contributed by atoms with E-state index in [9.17, 15) is 0 Å². The van der Waals surface area contributed by atoms with Crippen LogP contribution in [0.1, 0.15) is 26.4 Å². The number of pyridine rings is 1. The Balaban J connectivity index is 1.87. The molecule has 0 aliphatic carbocycles. The van der Waals surface area contributed by atoms with Crippen LogP contribution in [0.25, 0.3) is 33.6 Å². The SMILES string of the molecule is [2H]C([2H])([2H])c1cccc(C)c1-c1cc2cnc(-c3cc(C)cc(C)c3)cc2o1. The fourth-order valence-corrected chi connectivity index (χ4v) is 3.33. The van der Waals surface area contributed by atoms with E-state index in [0.717, 1.165) is 22.2 Å². The Morgan fingerprint density at radius 3 is 2.44 bits per heavy atom. The number of aromatic nitrogens is 1. The quantitative estimate of drug-likeness (QED) is 0.425. The van der Waals surface area contributed by atoms with Gasteiger partial charge in [-0.3, -0.25) is 4.98 Å². The van der Waals surface area contributed by atoms with Crippen molar-refractivity contribution < 1.29 is 8.53 Å². The van der Waals surface area contributed by atoms with Crippen LogP contribution in [0.5, 0.6) is 0 Å². The number of hydrogen-bond donors (Lipinski definition) is 0. The average Bonchev–Trinajstić information content (AvgIpc) is 3.02. The minimum absolute atomic E-state index is 0.300. The van der Waals surface area contributed by atoms with Crippen LogP contribution in [0.3, 0.4) is 0 Å². The molecule has 0 aliphatic rings. The van der Waals surface area contributed by atoms with Crippen molar-refractivity contribution in [1.29, 1.82) is 0 Å². The molecule has 4 aromatic rings. The number of fused-ring (bicyclic) bond motifs is 1. The summed E-state index contributed by atoms with van der Waals surface area (Å²) >= 11 is 0. The first-order valence-electron chi connectivity index (χ1n) is 9.81. The fourth-order valence-electron chi connectivity index (χ4n) is 3.33. The van der Waals surface area contributed by atoms with Crippen molar-refractivity contribution in [3.8, 4) is 22.6 Å². The van der Waals surface area contributed by atoms with Crippen molar-refractivity contribution in [3.05, 3.63) is 77.0 Å². The van der Waals surface area contributed by atoms with E-state index in [4.69, 9.17) is 8.53 Å². The van der Waals surface area contributed by atoms with E-state index in [1.807, 2.05) is 25.1 Å². The molecule has 0 fully saturated rings. The monoisotopic (exact) mass is 330 g/mol. The number of benzene rings is 2. The van der Waals surface area contributed by atoms with Crippen LogP contribution >= 0.6 is 0 Å². The Morgan fingerprint density at radius 2 is 1.68 bits per heavy atom. The second-order valence-corrected chi connectivity index (χ2v) is 6.59. The van der Waals surface area contributed by atoms with Crippen molar-refractivity contribution in [3.63, 3.8) is 0 Å². The standard InChI is InChI=1S/C23H21NO/c1-14-8-15(2)10-18(9-14)20-12-21-19(13-24-20)11-22(25-21)23-16(3)6-5-7-17(23)4/h5-13H,1-4H3/i3D3. The molecule has 0 saturated heterocycles. The summed E-state index contributed by atoms with van der Waals surface area (Å²) < 4.78 is 29.7. The zero-order valence-electron chi connectivity index (χ0n) is 17.6. The van der Waals surface area contributed by atoms with Crippen molar-refractivity contribution in [2.24, 2.45) is 0 Å². The summed E-state index contributed by atoms with van der Waals surface area (Å²) in [6.07, 6.45) is 1.78. The second-order valence-electron chi connectivity index (χ2n) is 6.59. The maximum Gasteiger partial charge on any atom is 0.138 e. The third kappa shape index (κ3) is 2.85. The van der Waals surface area contributed by atoms with Crippen molar-refractivity contribution in [2.75, 3.05) is 0 Å². The molecule has 25 heavy (non-hydrogen) atoms. The first-order chi connectivity index (χ1) is 13.2. The molecule has 2 heterocycles. The van der Waals surface area contributed by atoms with E-state index in [2.05, 4.69) is 37.0 Å². The summed E-state index contributed by atoms with van der Waals surface area (Å²) in [4.78, 5) is 4.59. The van der Waals surface area contributed by atoms with Gasteiger partial charge in [-0.25, -0.2) is 0 Å². The molecule has 0 amide bonds. The zero-order valence-corrected chi connectivity index (χ0v) is 14.6. The third-order valence-corrected chi connectivity index (χ3v) is 4.44. The maximum atomic E-state index is 7.86. The minimum atomic E-state index is -2.21. The van der Waals surface area contributed by atoms with E-state index in [1.165, 1.54) is 11.1 Å². The summed E-state index contributed by atoms with van der Waals surface area (Å²) in [7, 11) is 0. The lowest BCUT2D eigenvalue weighted by Gasteiger charge is -2.06.